The third-order valence-corrected chi connectivity index (χ3v) is 4.36. The van der Waals surface area contributed by atoms with Crippen molar-refractivity contribution in [2.75, 3.05) is 0 Å². The number of hydrogen-bond donors (Lipinski definition) is 1. The molecule has 0 bridgehead atoms. The van der Waals surface area contributed by atoms with Crippen molar-refractivity contribution in [2.45, 2.75) is 18.8 Å². The molecule has 1 heterocycles. The van der Waals surface area contributed by atoms with Crippen molar-refractivity contribution >= 4 is 44.1 Å². The van der Waals surface area contributed by atoms with Gasteiger partial charge in [0.25, 0.3) is 0 Å². The van der Waals surface area contributed by atoms with Crippen LogP contribution in [0.4, 0.5) is 0 Å². The number of aromatic nitrogens is 3. The molecule has 1 saturated carbocycles. The molecule has 17 heavy (non-hydrogen) atoms. The van der Waals surface area contributed by atoms with Crippen molar-refractivity contribution in [1.29, 1.82) is 0 Å². The van der Waals surface area contributed by atoms with Crippen LogP contribution < -0.4 is 0 Å². The van der Waals surface area contributed by atoms with Crippen molar-refractivity contribution < 1.29 is 0 Å². The third kappa shape index (κ3) is 2.02. The molecule has 3 nitrogen and oxygen atoms in total. The van der Waals surface area contributed by atoms with E-state index in [2.05, 4.69) is 42.1 Å². The van der Waals surface area contributed by atoms with E-state index in [4.69, 9.17) is 12.2 Å². The smallest absolute Gasteiger partial charge is 0.199 e. The highest BCUT2D eigenvalue weighted by atomic mass is 79.9. The maximum Gasteiger partial charge on any atom is 0.199 e. The average molecular weight is 375 g/mol. The van der Waals surface area contributed by atoms with Crippen molar-refractivity contribution in [1.82, 2.24) is 14.8 Å². The maximum absolute atomic E-state index is 5.32. The maximum atomic E-state index is 5.32. The lowest BCUT2D eigenvalue weighted by molar-refractivity contribution is 0.864. The lowest BCUT2D eigenvalue weighted by atomic mass is 10.3. The van der Waals surface area contributed by atoms with Gasteiger partial charge in [-0.05, 0) is 69.1 Å². The molecule has 1 fully saturated rings. The minimum atomic E-state index is 0.543. The molecule has 1 aliphatic carbocycles. The molecule has 0 radical (unpaired) electrons. The Labute approximate surface area is 120 Å². The molecule has 6 heteroatoms. The largest absolute Gasteiger partial charge is 0.270 e. The first-order valence-electron chi connectivity index (χ1n) is 5.30. The van der Waals surface area contributed by atoms with E-state index in [0.717, 1.165) is 20.5 Å². The molecule has 1 N–H and O–H groups in total. The van der Waals surface area contributed by atoms with Crippen LogP contribution in [0, 0.1) is 4.77 Å². The van der Waals surface area contributed by atoms with Crippen molar-refractivity contribution in [2.24, 2.45) is 0 Å². The van der Waals surface area contributed by atoms with E-state index in [1.807, 2.05) is 22.8 Å². The summed E-state index contributed by atoms with van der Waals surface area (Å²) in [5, 5.41) is 7.23. The predicted molar refractivity (Wildman–Crippen MR) is 76.1 cm³/mol. The summed E-state index contributed by atoms with van der Waals surface area (Å²) in [6.07, 6.45) is 2.39. The fourth-order valence-electron chi connectivity index (χ4n) is 1.84. The molecular weight excluding hydrogens is 366 g/mol. The monoisotopic (exact) mass is 373 g/mol. The van der Waals surface area contributed by atoms with E-state index in [9.17, 15) is 0 Å². The van der Waals surface area contributed by atoms with Gasteiger partial charge in [0, 0.05) is 14.9 Å². The summed E-state index contributed by atoms with van der Waals surface area (Å²) in [6, 6.07) is 6.00. The minimum absolute atomic E-state index is 0.543. The summed E-state index contributed by atoms with van der Waals surface area (Å²) in [5.41, 5.74) is 1.02. The third-order valence-electron chi connectivity index (χ3n) is 2.80. The van der Waals surface area contributed by atoms with Crippen LogP contribution in [-0.4, -0.2) is 14.8 Å². The van der Waals surface area contributed by atoms with Crippen LogP contribution in [0.5, 0.6) is 0 Å². The molecule has 1 aromatic carbocycles. The number of hydrogen-bond acceptors (Lipinski definition) is 2. The topological polar surface area (TPSA) is 33.6 Å². The first-order chi connectivity index (χ1) is 8.18. The van der Waals surface area contributed by atoms with Gasteiger partial charge in [0.15, 0.2) is 4.77 Å². The van der Waals surface area contributed by atoms with Crippen LogP contribution >= 0.6 is 44.1 Å². The molecule has 1 aliphatic rings. The van der Waals surface area contributed by atoms with E-state index in [-0.39, 0.29) is 0 Å². The first kappa shape index (κ1) is 11.6. The molecule has 2 aromatic rings. The van der Waals surface area contributed by atoms with Crippen LogP contribution in [0.1, 0.15) is 24.6 Å². The van der Waals surface area contributed by atoms with Crippen molar-refractivity contribution in [3.05, 3.63) is 37.7 Å². The number of halogens is 2. The second-order valence-corrected chi connectivity index (χ2v) is 6.16. The van der Waals surface area contributed by atoms with Crippen molar-refractivity contribution in [3.8, 4) is 5.69 Å². The Morgan fingerprint density at radius 1 is 1.29 bits per heavy atom. The number of benzene rings is 1. The summed E-state index contributed by atoms with van der Waals surface area (Å²) in [4.78, 5) is 0. The van der Waals surface area contributed by atoms with Crippen LogP contribution in [0.25, 0.3) is 5.69 Å². The highest BCUT2D eigenvalue weighted by Crippen LogP contribution is 2.41. The van der Waals surface area contributed by atoms with Gasteiger partial charge in [-0.25, -0.2) is 0 Å². The van der Waals surface area contributed by atoms with Crippen molar-refractivity contribution in [3.63, 3.8) is 0 Å². The Morgan fingerprint density at radius 3 is 2.53 bits per heavy atom. The molecule has 0 saturated heterocycles. The highest BCUT2D eigenvalue weighted by Gasteiger charge is 2.30. The SMILES string of the molecule is S=c1[nH]nc(C2CC2)n1-c1c(Br)cccc1Br. The van der Waals surface area contributed by atoms with Crippen LogP contribution in [0.2, 0.25) is 0 Å². The van der Waals surface area contributed by atoms with E-state index in [1.54, 1.807) is 0 Å². The normalized spacial score (nSPS) is 15.2. The lowest BCUT2D eigenvalue weighted by Crippen LogP contribution is -2.02. The molecule has 0 unspecified atom stereocenters. The first-order valence-corrected chi connectivity index (χ1v) is 7.29. The lowest BCUT2D eigenvalue weighted by Gasteiger charge is -2.10. The van der Waals surface area contributed by atoms with Gasteiger partial charge in [0.2, 0.25) is 0 Å². The summed E-state index contributed by atoms with van der Waals surface area (Å²) in [7, 11) is 0. The van der Waals surface area contributed by atoms with Gasteiger partial charge in [-0.15, -0.1) is 0 Å². The minimum Gasteiger partial charge on any atom is -0.270 e. The number of aromatic amines is 1. The zero-order valence-corrected chi connectivity index (χ0v) is 12.8. The molecule has 0 atom stereocenters. The van der Waals surface area contributed by atoms with Crippen LogP contribution in [-0.2, 0) is 0 Å². The Kier molecular flexibility index (Phi) is 2.96. The van der Waals surface area contributed by atoms with Gasteiger partial charge in [-0.2, -0.15) is 5.10 Å². The van der Waals surface area contributed by atoms with Crippen LogP contribution in [0.3, 0.4) is 0 Å². The van der Waals surface area contributed by atoms with E-state index in [0.29, 0.717) is 10.7 Å². The molecule has 0 amide bonds. The zero-order valence-electron chi connectivity index (χ0n) is 8.78. The number of H-pyrrole nitrogens is 1. The zero-order chi connectivity index (χ0) is 12.0. The van der Waals surface area contributed by atoms with Gasteiger partial charge in [0.1, 0.15) is 5.82 Å². The number of nitrogens with zero attached hydrogens (tertiary/aromatic N) is 2. The van der Waals surface area contributed by atoms with E-state index in [1.165, 1.54) is 12.8 Å². The Morgan fingerprint density at radius 2 is 1.94 bits per heavy atom. The van der Waals surface area contributed by atoms with Gasteiger partial charge in [0.05, 0.1) is 5.69 Å². The van der Waals surface area contributed by atoms with E-state index < -0.39 is 0 Å². The van der Waals surface area contributed by atoms with Gasteiger partial charge in [-0.3, -0.25) is 9.67 Å². The Bertz CT molecular complexity index is 608. The van der Waals surface area contributed by atoms with Gasteiger partial charge in [-0.1, -0.05) is 6.07 Å². The van der Waals surface area contributed by atoms with Crippen LogP contribution in [0.15, 0.2) is 27.1 Å². The summed E-state index contributed by atoms with van der Waals surface area (Å²) < 4.78 is 4.67. The molecule has 0 aliphatic heterocycles. The van der Waals surface area contributed by atoms with Gasteiger partial charge >= 0.3 is 0 Å². The second-order valence-electron chi connectivity index (χ2n) is 4.07. The van der Waals surface area contributed by atoms with E-state index >= 15 is 0 Å². The quantitative estimate of drug-likeness (QED) is 0.793. The molecule has 3 rings (SSSR count). The fraction of sp³-hybridized carbons (Fsp3) is 0.273. The predicted octanol–water partition coefficient (Wildman–Crippen LogP) is 4.33. The average Bonchev–Trinajstić information content (AvgIpc) is 3.05. The molecular formula is C11H9Br2N3S. The number of nitrogens with one attached hydrogen (secondary N) is 1. The molecule has 1 aromatic heterocycles. The van der Waals surface area contributed by atoms with Gasteiger partial charge < -0.3 is 0 Å². The Balaban J connectivity index is 2.27. The number of rotatable bonds is 2. The summed E-state index contributed by atoms with van der Waals surface area (Å²) >= 11 is 12.5. The summed E-state index contributed by atoms with van der Waals surface area (Å²) in [5.74, 6) is 1.57. The standard InChI is InChI=1S/C11H9Br2N3S/c12-7-2-1-3-8(13)9(7)16-10(6-4-5-6)14-15-11(16)17/h1-3,6H,4-5H2,(H,15,17). The second kappa shape index (κ2) is 4.33. The molecule has 88 valence electrons. The number of para-hydroxylation sites is 1. The fourth-order valence-corrected chi connectivity index (χ4v) is 3.43. The summed E-state index contributed by atoms with van der Waals surface area (Å²) in [6.45, 7) is 0. The molecule has 0 spiro atoms. The Hall–Kier alpha value is -0.460. The highest BCUT2D eigenvalue weighted by molar-refractivity contribution is 9.11.